The Labute approximate surface area is 279 Å². The molecule has 2 amide bonds. The zero-order chi connectivity index (χ0) is 32.6. The van der Waals surface area contributed by atoms with Gasteiger partial charge in [-0.05, 0) is 66.9 Å². The van der Waals surface area contributed by atoms with Crippen molar-refractivity contribution in [3.05, 3.63) is 129 Å². The number of halogens is 3. The average molecular weight is 687 g/mol. The molecule has 0 radical (unpaired) electrons. The van der Waals surface area contributed by atoms with Crippen LogP contribution in [-0.4, -0.2) is 43.8 Å². The normalized spacial score (nSPS) is 12.6. The third-order valence-corrected chi connectivity index (χ3v) is 9.89. The fraction of sp³-hybridized carbons (Fsp3) is 0.235. The molecule has 0 fully saturated rings. The maximum Gasteiger partial charge on any atom is 0.264 e. The van der Waals surface area contributed by atoms with Gasteiger partial charge in [-0.3, -0.25) is 13.9 Å². The second-order valence-electron chi connectivity index (χ2n) is 10.6. The van der Waals surface area contributed by atoms with Gasteiger partial charge < -0.3 is 10.2 Å². The molecule has 2 atom stereocenters. The summed E-state index contributed by atoms with van der Waals surface area (Å²) in [6.45, 7) is 3.23. The summed E-state index contributed by atoms with van der Waals surface area (Å²) < 4.78 is 29.1. The minimum Gasteiger partial charge on any atom is -0.352 e. The number of nitrogens with one attached hydrogen (secondary N) is 1. The van der Waals surface area contributed by atoms with Crippen LogP contribution in [0.5, 0.6) is 0 Å². The van der Waals surface area contributed by atoms with Crippen molar-refractivity contribution >= 4 is 62.3 Å². The van der Waals surface area contributed by atoms with Crippen molar-refractivity contribution in [1.29, 1.82) is 0 Å². The number of nitrogens with zero attached hydrogens (tertiary/aromatic N) is 2. The van der Waals surface area contributed by atoms with E-state index in [9.17, 15) is 18.0 Å². The van der Waals surface area contributed by atoms with E-state index in [0.29, 0.717) is 22.0 Å². The molecule has 4 rings (SSSR count). The van der Waals surface area contributed by atoms with Crippen molar-refractivity contribution in [2.24, 2.45) is 0 Å². The van der Waals surface area contributed by atoms with Crippen molar-refractivity contribution in [1.82, 2.24) is 10.2 Å². The molecule has 4 aromatic rings. The monoisotopic (exact) mass is 685 g/mol. The van der Waals surface area contributed by atoms with Gasteiger partial charge in [-0.1, -0.05) is 102 Å². The minimum absolute atomic E-state index is 0.0228. The third-order valence-electron chi connectivity index (χ3n) is 7.33. The van der Waals surface area contributed by atoms with Crippen LogP contribution in [0.2, 0.25) is 15.1 Å². The van der Waals surface area contributed by atoms with Crippen LogP contribution in [0.3, 0.4) is 0 Å². The first-order valence-corrected chi connectivity index (χ1v) is 17.0. The van der Waals surface area contributed by atoms with Crippen LogP contribution < -0.4 is 9.62 Å². The number of amides is 2. The standard InChI is InChI=1S/C34H34Cl3N3O4S/c1-3-24(2)38-34(42)32(20-25-10-6-4-7-11-25)39(22-26-14-16-27(35)17-15-26)33(41)23-40(31-19-18-28(36)21-30(31)37)45(43,44)29-12-8-5-9-13-29/h4-19,21,24,32H,3,20,22-23H2,1-2H3,(H,38,42)/t24-,32+/m1/s1. The molecule has 0 aromatic heterocycles. The summed E-state index contributed by atoms with van der Waals surface area (Å²) in [5, 5.41) is 3.89. The molecule has 0 saturated carbocycles. The summed E-state index contributed by atoms with van der Waals surface area (Å²) in [6.07, 6.45) is 0.892. The van der Waals surface area contributed by atoms with E-state index >= 15 is 0 Å². The lowest BCUT2D eigenvalue weighted by Crippen LogP contribution is -2.54. The van der Waals surface area contributed by atoms with E-state index in [1.807, 2.05) is 44.2 Å². The molecular weight excluding hydrogens is 653 g/mol. The molecule has 0 aliphatic heterocycles. The lowest BCUT2D eigenvalue weighted by Gasteiger charge is -2.34. The maximum absolute atomic E-state index is 14.5. The maximum atomic E-state index is 14.5. The number of carbonyl (C=O) groups excluding carboxylic acids is 2. The molecule has 0 aliphatic rings. The van der Waals surface area contributed by atoms with Crippen LogP contribution in [0.15, 0.2) is 108 Å². The summed E-state index contributed by atoms with van der Waals surface area (Å²) in [5.41, 5.74) is 1.63. The summed E-state index contributed by atoms with van der Waals surface area (Å²) >= 11 is 18.8. The van der Waals surface area contributed by atoms with Crippen molar-refractivity contribution in [3.8, 4) is 0 Å². The quantitative estimate of drug-likeness (QED) is 0.159. The molecule has 0 unspecified atom stereocenters. The summed E-state index contributed by atoms with van der Waals surface area (Å²) in [6, 6.07) is 27.3. The Morgan fingerprint density at radius 3 is 2.00 bits per heavy atom. The number of carbonyl (C=O) groups is 2. The molecule has 11 heteroatoms. The Morgan fingerprint density at radius 1 is 0.800 bits per heavy atom. The minimum atomic E-state index is -4.28. The second kappa shape index (κ2) is 15.6. The smallest absolute Gasteiger partial charge is 0.264 e. The highest BCUT2D eigenvalue weighted by Crippen LogP contribution is 2.33. The lowest BCUT2D eigenvalue weighted by molar-refractivity contribution is -0.140. The molecule has 0 bridgehead atoms. The summed E-state index contributed by atoms with van der Waals surface area (Å²) in [7, 11) is -4.28. The summed E-state index contributed by atoms with van der Waals surface area (Å²) in [4.78, 5) is 29.8. The average Bonchev–Trinajstić information content (AvgIpc) is 3.03. The Morgan fingerprint density at radius 2 is 1.40 bits per heavy atom. The van der Waals surface area contributed by atoms with Gasteiger partial charge >= 0.3 is 0 Å². The van der Waals surface area contributed by atoms with Gasteiger partial charge in [0.1, 0.15) is 12.6 Å². The second-order valence-corrected chi connectivity index (χ2v) is 13.7. The number of hydrogen-bond donors (Lipinski definition) is 1. The predicted molar refractivity (Wildman–Crippen MR) is 181 cm³/mol. The number of rotatable bonds is 13. The van der Waals surface area contributed by atoms with E-state index in [4.69, 9.17) is 34.8 Å². The van der Waals surface area contributed by atoms with Crippen molar-refractivity contribution in [2.75, 3.05) is 10.8 Å². The zero-order valence-corrected chi connectivity index (χ0v) is 28.0. The van der Waals surface area contributed by atoms with Crippen LogP contribution >= 0.6 is 34.8 Å². The van der Waals surface area contributed by atoms with Gasteiger partial charge in [0.15, 0.2) is 0 Å². The van der Waals surface area contributed by atoms with Crippen LogP contribution in [0.4, 0.5) is 5.69 Å². The van der Waals surface area contributed by atoms with Crippen LogP contribution in [0.1, 0.15) is 31.4 Å². The molecule has 4 aromatic carbocycles. The van der Waals surface area contributed by atoms with Gasteiger partial charge in [0.05, 0.1) is 15.6 Å². The van der Waals surface area contributed by atoms with E-state index in [0.717, 1.165) is 9.87 Å². The zero-order valence-electron chi connectivity index (χ0n) is 24.9. The first-order chi connectivity index (χ1) is 21.5. The summed E-state index contributed by atoms with van der Waals surface area (Å²) in [5.74, 6) is -0.951. The van der Waals surface area contributed by atoms with E-state index in [-0.39, 0.29) is 40.5 Å². The first-order valence-electron chi connectivity index (χ1n) is 14.4. The number of hydrogen-bond acceptors (Lipinski definition) is 4. The van der Waals surface area contributed by atoms with Crippen molar-refractivity contribution < 1.29 is 18.0 Å². The van der Waals surface area contributed by atoms with Gasteiger partial charge in [0.25, 0.3) is 10.0 Å². The highest BCUT2D eigenvalue weighted by Gasteiger charge is 2.35. The van der Waals surface area contributed by atoms with E-state index in [2.05, 4.69) is 5.32 Å². The Hall–Kier alpha value is -3.56. The highest BCUT2D eigenvalue weighted by atomic mass is 35.5. The van der Waals surface area contributed by atoms with Crippen LogP contribution in [-0.2, 0) is 32.6 Å². The Balaban J connectivity index is 1.82. The topological polar surface area (TPSA) is 86.8 Å². The number of benzene rings is 4. The fourth-order valence-corrected chi connectivity index (χ4v) is 6.84. The number of sulfonamides is 1. The first kappa shape index (κ1) is 34.3. The highest BCUT2D eigenvalue weighted by molar-refractivity contribution is 7.92. The molecule has 0 aliphatic carbocycles. The molecule has 0 spiro atoms. The molecule has 0 saturated heterocycles. The van der Waals surface area contributed by atoms with Crippen molar-refractivity contribution in [2.45, 2.75) is 50.2 Å². The van der Waals surface area contributed by atoms with Crippen molar-refractivity contribution in [3.63, 3.8) is 0 Å². The van der Waals surface area contributed by atoms with Gasteiger partial charge in [-0.2, -0.15) is 0 Å². The van der Waals surface area contributed by atoms with E-state index in [1.54, 1.807) is 42.5 Å². The number of anilines is 1. The van der Waals surface area contributed by atoms with Gasteiger partial charge in [0, 0.05) is 29.1 Å². The Kier molecular flexibility index (Phi) is 11.9. The molecule has 236 valence electrons. The molecule has 45 heavy (non-hydrogen) atoms. The van der Waals surface area contributed by atoms with Gasteiger partial charge in [0.2, 0.25) is 11.8 Å². The van der Waals surface area contributed by atoms with Crippen LogP contribution in [0, 0.1) is 0 Å². The largest absolute Gasteiger partial charge is 0.352 e. The van der Waals surface area contributed by atoms with Crippen LogP contribution in [0.25, 0.3) is 0 Å². The third kappa shape index (κ3) is 9.01. The SMILES string of the molecule is CC[C@@H](C)NC(=O)[C@H](Cc1ccccc1)N(Cc1ccc(Cl)cc1)C(=O)CN(c1ccc(Cl)cc1Cl)S(=O)(=O)c1ccccc1. The van der Waals surface area contributed by atoms with E-state index in [1.165, 1.54) is 35.2 Å². The Bertz CT molecular complexity index is 1710. The molecule has 7 nitrogen and oxygen atoms in total. The molecule has 0 heterocycles. The van der Waals surface area contributed by atoms with Gasteiger partial charge in [-0.15, -0.1) is 0 Å². The fourth-order valence-electron chi connectivity index (χ4n) is 4.70. The predicted octanol–water partition coefficient (Wildman–Crippen LogP) is 7.40. The molecule has 1 N–H and O–H groups in total. The van der Waals surface area contributed by atoms with E-state index < -0.39 is 28.5 Å². The van der Waals surface area contributed by atoms with Gasteiger partial charge in [-0.25, -0.2) is 8.42 Å². The lowest BCUT2D eigenvalue weighted by atomic mass is 10.0. The molecular formula is C34H34Cl3N3O4S.